The van der Waals surface area contributed by atoms with Crippen molar-refractivity contribution in [2.75, 3.05) is 0 Å². The first-order chi connectivity index (χ1) is 8.77. The van der Waals surface area contributed by atoms with E-state index >= 15 is 0 Å². The zero-order chi connectivity index (χ0) is 14.5. The van der Waals surface area contributed by atoms with Crippen LogP contribution in [0.2, 0.25) is 5.02 Å². The number of hydrogen-bond acceptors (Lipinski definition) is 4. The highest BCUT2D eigenvalue weighted by molar-refractivity contribution is 6.37. The molecular formula is C13H12ClNO4. The summed E-state index contributed by atoms with van der Waals surface area (Å²) in [5, 5.41) is 11.2. The van der Waals surface area contributed by atoms with Gasteiger partial charge in [0.15, 0.2) is 0 Å². The Morgan fingerprint density at radius 1 is 1.05 bits per heavy atom. The number of nitrogens with zero attached hydrogens (tertiary/aromatic N) is 1. The molecule has 0 unspecified atom stereocenters. The summed E-state index contributed by atoms with van der Waals surface area (Å²) < 4.78 is 5.10. The normalized spacial score (nSPS) is 11.0. The molecule has 1 aromatic carbocycles. The second-order valence-corrected chi connectivity index (χ2v) is 4.89. The predicted octanol–water partition coefficient (Wildman–Crippen LogP) is 3.59. The fourth-order valence-electron chi connectivity index (χ4n) is 2.17. The van der Waals surface area contributed by atoms with Crippen LogP contribution in [0.3, 0.4) is 0 Å². The zero-order valence-electron chi connectivity index (χ0n) is 11.0. The Morgan fingerprint density at radius 2 is 1.58 bits per heavy atom. The van der Waals surface area contributed by atoms with Crippen LogP contribution in [0.5, 0.6) is 0 Å². The Hall–Kier alpha value is -1.88. The molecule has 2 aromatic rings. The van der Waals surface area contributed by atoms with Crippen LogP contribution in [-0.4, -0.2) is 4.92 Å². The van der Waals surface area contributed by atoms with E-state index < -0.39 is 16.2 Å². The van der Waals surface area contributed by atoms with Gasteiger partial charge in [0, 0.05) is 5.39 Å². The number of fused-ring (bicyclic) bond motifs is 1. The van der Waals surface area contributed by atoms with Crippen LogP contribution in [0.25, 0.3) is 11.0 Å². The minimum absolute atomic E-state index is 0.153. The molecule has 0 bridgehead atoms. The minimum Gasteiger partial charge on any atom is -0.417 e. The molecule has 5 nitrogen and oxygen atoms in total. The molecule has 0 saturated carbocycles. The van der Waals surface area contributed by atoms with Gasteiger partial charge in [-0.1, -0.05) is 11.6 Å². The molecule has 0 aliphatic carbocycles. The van der Waals surface area contributed by atoms with Gasteiger partial charge in [-0.15, -0.1) is 0 Å². The Bertz CT molecular complexity index is 777. The van der Waals surface area contributed by atoms with Crippen molar-refractivity contribution in [3.05, 3.63) is 47.8 Å². The highest BCUT2D eigenvalue weighted by Crippen LogP contribution is 2.36. The zero-order valence-corrected chi connectivity index (χ0v) is 11.7. The molecule has 0 atom stereocenters. The minimum atomic E-state index is -1.02. The van der Waals surface area contributed by atoms with Gasteiger partial charge in [-0.2, -0.15) is 0 Å². The highest BCUT2D eigenvalue weighted by atomic mass is 35.5. The topological polar surface area (TPSA) is 73.3 Å². The molecule has 0 amide bonds. The highest BCUT2D eigenvalue weighted by Gasteiger charge is 2.26. The summed E-state index contributed by atoms with van der Waals surface area (Å²) >= 11 is 6.04. The third kappa shape index (κ3) is 1.81. The summed E-state index contributed by atoms with van der Waals surface area (Å²) in [5.74, 6) is 0. The molecule has 0 fully saturated rings. The predicted molar refractivity (Wildman–Crippen MR) is 73.1 cm³/mol. The maximum atomic E-state index is 11.7. The van der Waals surface area contributed by atoms with Gasteiger partial charge in [-0.25, -0.2) is 4.79 Å². The van der Waals surface area contributed by atoms with Crippen molar-refractivity contribution < 1.29 is 9.34 Å². The second-order valence-electron chi connectivity index (χ2n) is 4.51. The van der Waals surface area contributed by atoms with Gasteiger partial charge in [-0.3, -0.25) is 10.1 Å². The van der Waals surface area contributed by atoms with E-state index in [-0.39, 0.29) is 5.02 Å². The van der Waals surface area contributed by atoms with E-state index in [0.717, 1.165) is 22.3 Å². The fourth-order valence-corrected chi connectivity index (χ4v) is 2.55. The molecule has 0 saturated heterocycles. The molecule has 2 rings (SSSR count). The SMILES string of the molecule is Cc1c(C)c(C)c2c(Cl)c([N+](=O)[O-])c(=O)oc2c1C. The molecule has 0 aliphatic heterocycles. The lowest BCUT2D eigenvalue weighted by Gasteiger charge is -2.13. The maximum absolute atomic E-state index is 11.7. The molecule has 0 spiro atoms. The lowest BCUT2D eigenvalue weighted by Crippen LogP contribution is -2.09. The fraction of sp³-hybridized carbons (Fsp3) is 0.308. The van der Waals surface area contributed by atoms with Gasteiger partial charge in [0.25, 0.3) is 0 Å². The van der Waals surface area contributed by atoms with Crippen LogP contribution in [0, 0.1) is 37.8 Å². The van der Waals surface area contributed by atoms with Gasteiger partial charge < -0.3 is 4.42 Å². The lowest BCUT2D eigenvalue weighted by atomic mass is 9.95. The van der Waals surface area contributed by atoms with Crippen molar-refractivity contribution in [2.45, 2.75) is 27.7 Å². The monoisotopic (exact) mass is 281 g/mol. The third-order valence-corrected chi connectivity index (χ3v) is 4.00. The molecular weight excluding hydrogens is 270 g/mol. The van der Waals surface area contributed by atoms with Gasteiger partial charge in [0.05, 0.1) is 4.92 Å². The molecule has 0 N–H and O–H groups in total. The number of aryl methyl sites for hydroxylation is 2. The first-order valence-electron chi connectivity index (χ1n) is 5.64. The molecule has 0 aliphatic rings. The van der Waals surface area contributed by atoms with Crippen molar-refractivity contribution >= 4 is 28.3 Å². The van der Waals surface area contributed by atoms with Crippen molar-refractivity contribution in [2.24, 2.45) is 0 Å². The summed E-state index contributed by atoms with van der Waals surface area (Å²) in [6.07, 6.45) is 0. The molecule has 100 valence electrons. The largest absolute Gasteiger partial charge is 0.417 e. The molecule has 1 aromatic heterocycles. The van der Waals surface area contributed by atoms with E-state index in [1.54, 1.807) is 13.8 Å². The van der Waals surface area contributed by atoms with E-state index in [4.69, 9.17) is 16.0 Å². The first kappa shape index (κ1) is 13.5. The number of rotatable bonds is 1. The summed E-state index contributed by atoms with van der Waals surface area (Å²) in [7, 11) is 0. The van der Waals surface area contributed by atoms with Crippen LogP contribution in [0.1, 0.15) is 22.3 Å². The summed E-state index contributed by atoms with van der Waals surface area (Å²) in [6, 6.07) is 0. The molecule has 6 heteroatoms. The lowest BCUT2D eigenvalue weighted by molar-refractivity contribution is -0.387. The summed E-state index contributed by atoms with van der Waals surface area (Å²) in [6.45, 7) is 7.42. The van der Waals surface area contributed by atoms with E-state index in [0.29, 0.717) is 11.0 Å². The Balaban J connectivity index is 3.16. The number of nitro groups is 1. The molecule has 19 heavy (non-hydrogen) atoms. The van der Waals surface area contributed by atoms with E-state index in [1.165, 1.54) is 0 Å². The Labute approximate surface area is 113 Å². The third-order valence-electron chi connectivity index (χ3n) is 3.63. The Kier molecular flexibility index (Phi) is 3.10. The molecule has 0 radical (unpaired) electrons. The second kappa shape index (κ2) is 4.35. The Morgan fingerprint density at radius 3 is 2.11 bits per heavy atom. The van der Waals surface area contributed by atoms with Gasteiger partial charge in [-0.05, 0) is 49.9 Å². The first-order valence-corrected chi connectivity index (χ1v) is 6.02. The average Bonchev–Trinajstić information content (AvgIpc) is 2.32. The number of benzene rings is 1. The van der Waals surface area contributed by atoms with Crippen LogP contribution < -0.4 is 5.63 Å². The summed E-state index contributed by atoms with van der Waals surface area (Å²) in [4.78, 5) is 21.7. The van der Waals surface area contributed by atoms with Gasteiger partial charge >= 0.3 is 11.3 Å². The van der Waals surface area contributed by atoms with Crippen molar-refractivity contribution in [3.8, 4) is 0 Å². The average molecular weight is 282 g/mol. The molecule has 1 heterocycles. The van der Waals surface area contributed by atoms with E-state index in [1.807, 2.05) is 13.8 Å². The van der Waals surface area contributed by atoms with E-state index in [2.05, 4.69) is 0 Å². The number of halogens is 1. The van der Waals surface area contributed by atoms with Crippen molar-refractivity contribution in [3.63, 3.8) is 0 Å². The summed E-state index contributed by atoms with van der Waals surface area (Å²) in [5.41, 5.74) is 2.12. The van der Waals surface area contributed by atoms with Crippen molar-refractivity contribution in [1.29, 1.82) is 0 Å². The smallest absolute Gasteiger partial charge is 0.416 e. The van der Waals surface area contributed by atoms with Crippen LogP contribution in [-0.2, 0) is 0 Å². The van der Waals surface area contributed by atoms with Crippen LogP contribution in [0.4, 0.5) is 5.69 Å². The maximum Gasteiger partial charge on any atom is 0.416 e. The standard InChI is InChI=1S/C13H12ClNO4/c1-5-6(2)8(4)12-9(7(5)3)10(14)11(15(17)18)13(16)19-12/h1-4H3. The van der Waals surface area contributed by atoms with E-state index in [9.17, 15) is 14.9 Å². The van der Waals surface area contributed by atoms with Crippen molar-refractivity contribution in [1.82, 2.24) is 0 Å². The number of hydrogen-bond donors (Lipinski definition) is 0. The van der Waals surface area contributed by atoms with Crippen LogP contribution in [0.15, 0.2) is 9.21 Å². The quantitative estimate of drug-likeness (QED) is 0.455. The van der Waals surface area contributed by atoms with Gasteiger partial charge in [0.2, 0.25) is 0 Å². The van der Waals surface area contributed by atoms with Crippen LogP contribution >= 0.6 is 11.6 Å². The van der Waals surface area contributed by atoms with Gasteiger partial charge in [0.1, 0.15) is 10.6 Å².